The Labute approximate surface area is 72.2 Å². The molecule has 0 amide bonds. The number of hydrogen-bond donors (Lipinski definition) is 0. The standard InChI is InChI=1S/C8H13N3O/c1-7-9-4-8(5-10-7)6-11(2)12-3/h4-5H,6H2,1-3H3. The Morgan fingerprint density at radius 2 is 2.00 bits per heavy atom. The molecule has 0 saturated heterocycles. The maximum atomic E-state index is 4.96. The van der Waals surface area contributed by atoms with Crippen molar-refractivity contribution in [1.82, 2.24) is 15.0 Å². The molecule has 12 heavy (non-hydrogen) atoms. The summed E-state index contributed by atoms with van der Waals surface area (Å²) in [6.07, 6.45) is 3.61. The van der Waals surface area contributed by atoms with Crippen LogP contribution in [-0.2, 0) is 11.4 Å². The van der Waals surface area contributed by atoms with E-state index < -0.39 is 0 Å². The molecule has 0 unspecified atom stereocenters. The highest BCUT2D eigenvalue weighted by Gasteiger charge is 1.98. The number of rotatable bonds is 3. The normalized spacial score (nSPS) is 10.7. The van der Waals surface area contributed by atoms with Gasteiger partial charge in [-0.15, -0.1) is 0 Å². The first-order valence-corrected chi connectivity index (χ1v) is 3.75. The molecule has 0 aromatic carbocycles. The smallest absolute Gasteiger partial charge is 0.125 e. The first kappa shape index (κ1) is 9.09. The third kappa shape index (κ3) is 2.56. The molecule has 0 fully saturated rings. The van der Waals surface area contributed by atoms with Crippen LogP contribution in [0.1, 0.15) is 11.4 Å². The lowest BCUT2D eigenvalue weighted by Crippen LogP contribution is -2.16. The minimum atomic E-state index is 0.705. The van der Waals surface area contributed by atoms with Gasteiger partial charge < -0.3 is 4.84 Å². The molecule has 0 aliphatic rings. The van der Waals surface area contributed by atoms with Gasteiger partial charge in [0.1, 0.15) is 5.82 Å². The number of hydrogen-bond acceptors (Lipinski definition) is 4. The lowest BCUT2D eigenvalue weighted by Gasteiger charge is -2.12. The van der Waals surface area contributed by atoms with Crippen molar-refractivity contribution in [2.24, 2.45) is 0 Å². The van der Waals surface area contributed by atoms with Crippen molar-refractivity contribution in [3.05, 3.63) is 23.8 Å². The molecule has 0 bridgehead atoms. The van der Waals surface area contributed by atoms with Crippen LogP contribution >= 0.6 is 0 Å². The zero-order valence-electron chi connectivity index (χ0n) is 7.61. The van der Waals surface area contributed by atoms with Crippen molar-refractivity contribution in [2.75, 3.05) is 14.2 Å². The van der Waals surface area contributed by atoms with Crippen LogP contribution in [0, 0.1) is 6.92 Å². The number of aryl methyl sites for hydroxylation is 1. The van der Waals surface area contributed by atoms with Crippen molar-refractivity contribution in [3.63, 3.8) is 0 Å². The van der Waals surface area contributed by atoms with E-state index in [0.717, 1.165) is 11.4 Å². The molecule has 0 N–H and O–H groups in total. The molecular weight excluding hydrogens is 154 g/mol. The summed E-state index contributed by atoms with van der Waals surface area (Å²) in [4.78, 5) is 13.1. The Bertz CT molecular complexity index is 235. The molecule has 0 radical (unpaired) electrons. The third-order valence-corrected chi connectivity index (χ3v) is 1.55. The predicted octanol–water partition coefficient (Wildman–Crippen LogP) is 0.778. The van der Waals surface area contributed by atoms with Gasteiger partial charge in [0, 0.05) is 25.0 Å². The largest absolute Gasteiger partial charge is 0.302 e. The van der Waals surface area contributed by atoms with Crippen molar-refractivity contribution in [2.45, 2.75) is 13.5 Å². The minimum absolute atomic E-state index is 0.705. The van der Waals surface area contributed by atoms with E-state index >= 15 is 0 Å². The molecule has 1 rings (SSSR count). The molecule has 0 aliphatic heterocycles. The van der Waals surface area contributed by atoms with E-state index in [0.29, 0.717) is 6.54 Å². The molecule has 0 atom stereocenters. The predicted molar refractivity (Wildman–Crippen MR) is 45.2 cm³/mol. The van der Waals surface area contributed by atoms with Crippen LogP contribution in [0.2, 0.25) is 0 Å². The average molecular weight is 167 g/mol. The first-order valence-electron chi connectivity index (χ1n) is 3.75. The van der Waals surface area contributed by atoms with Gasteiger partial charge in [-0.25, -0.2) is 9.97 Å². The van der Waals surface area contributed by atoms with Crippen LogP contribution in [0.5, 0.6) is 0 Å². The monoisotopic (exact) mass is 167 g/mol. The van der Waals surface area contributed by atoms with Gasteiger partial charge in [-0.2, -0.15) is 5.06 Å². The SMILES string of the molecule is CON(C)Cc1cnc(C)nc1. The van der Waals surface area contributed by atoms with E-state index in [4.69, 9.17) is 4.84 Å². The van der Waals surface area contributed by atoms with E-state index in [-0.39, 0.29) is 0 Å². The maximum Gasteiger partial charge on any atom is 0.125 e. The Hall–Kier alpha value is -1.00. The molecule has 0 saturated carbocycles. The fourth-order valence-electron chi connectivity index (χ4n) is 0.823. The first-order chi connectivity index (χ1) is 5.72. The molecule has 4 nitrogen and oxygen atoms in total. The molecule has 4 heteroatoms. The lowest BCUT2D eigenvalue weighted by atomic mass is 10.3. The Balaban J connectivity index is 2.58. The fourth-order valence-corrected chi connectivity index (χ4v) is 0.823. The van der Waals surface area contributed by atoms with Gasteiger partial charge in [0.2, 0.25) is 0 Å². The fraction of sp³-hybridized carbons (Fsp3) is 0.500. The van der Waals surface area contributed by atoms with Gasteiger partial charge >= 0.3 is 0 Å². The van der Waals surface area contributed by atoms with Crippen LogP contribution in [0.25, 0.3) is 0 Å². The van der Waals surface area contributed by atoms with E-state index in [9.17, 15) is 0 Å². The van der Waals surface area contributed by atoms with Gasteiger partial charge in [0.25, 0.3) is 0 Å². The summed E-state index contributed by atoms with van der Waals surface area (Å²) in [5, 5.41) is 1.72. The zero-order chi connectivity index (χ0) is 8.97. The van der Waals surface area contributed by atoms with Crippen LogP contribution < -0.4 is 0 Å². The zero-order valence-corrected chi connectivity index (χ0v) is 7.61. The quantitative estimate of drug-likeness (QED) is 0.623. The van der Waals surface area contributed by atoms with Crippen LogP contribution in [0.15, 0.2) is 12.4 Å². The highest BCUT2D eigenvalue weighted by Crippen LogP contribution is 1.99. The molecule has 0 spiro atoms. The van der Waals surface area contributed by atoms with Crippen LogP contribution in [0.4, 0.5) is 0 Å². The minimum Gasteiger partial charge on any atom is -0.302 e. The van der Waals surface area contributed by atoms with Crippen molar-refractivity contribution < 1.29 is 4.84 Å². The summed E-state index contributed by atoms with van der Waals surface area (Å²) in [7, 11) is 3.49. The second kappa shape index (κ2) is 4.13. The van der Waals surface area contributed by atoms with E-state index in [1.54, 1.807) is 24.6 Å². The summed E-state index contributed by atoms with van der Waals surface area (Å²) >= 11 is 0. The summed E-state index contributed by atoms with van der Waals surface area (Å²) in [6.45, 7) is 2.57. The lowest BCUT2D eigenvalue weighted by molar-refractivity contribution is -0.116. The summed E-state index contributed by atoms with van der Waals surface area (Å²) in [5.41, 5.74) is 1.05. The van der Waals surface area contributed by atoms with E-state index in [2.05, 4.69) is 9.97 Å². The molecule has 0 aliphatic carbocycles. The number of hydroxylamine groups is 2. The van der Waals surface area contributed by atoms with Gasteiger partial charge in [0.05, 0.1) is 13.7 Å². The Morgan fingerprint density at radius 1 is 1.42 bits per heavy atom. The Morgan fingerprint density at radius 3 is 2.50 bits per heavy atom. The van der Waals surface area contributed by atoms with Crippen LogP contribution in [0.3, 0.4) is 0 Å². The average Bonchev–Trinajstić information content (AvgIpc) is 2.09. The summed E-state index contributed by atoms with van der Waals surface area (Å²) < 4.78 is 0. The van der Waals surface area contributed by atoms with Crippen molar-refractivity contribution in [3.8, 4) is 0 Å². The number of nitrogens with zero attached hydrogens (tertiary/aromatic N) is 3. The highest BCUT2D eigenvalue weighted by molar-refractivity contribution is 5.03. The summed E-state index contributed by atoms with van der Waals surface area (Å²) in [5.74, 6) is 0.791. The van der Waals surface area contributed by atoms with Gasteiger partial charge in [-0.05, 0) is 6.92 Å². The third-order valence-electron chi connectivity index (χ3n) is 1.55. The van der Waals surface area contributed by atoms with Gasteiger partial charge in [-0.3, -0.25) is 0 Å². The maximum absolute atomic E-state index is 4.96. The molecule has 1 heterocycles. The van der Waals surface area contributed by atoms with Crippen molar-refractivity contribution in [1.29, 1.82) is 0 Å². The van der Waals surface area contributed by atoms with Crippen LogP contribution in [-0.4, -0.2) is 29.2 Å². The highest BCUT2D eigenvalue weighted by atomic mass is 16.7. The van der Waals surface area contributed by atoms with E-state index in [1.165, 1.54) is 0 Å². The molecule has 1 aromatic rings. The Kier molecular flexibility index (Phi) is 3.13. The molecule has 66 valence electrons. The summed E-state index contributed by atoms with van der Waals surface area (Å²) in [6, 6.07) is 0. The van der Waals surface area contributed by atoms with Crippen molar-refractivity contribution >= 4 is 0 Å². The van der Waals surface area contributed by atoms with E-state index in [1.807, 2.05) is 14.0 Å². The molecular formula is C8H13N3O. The second-order valence-electron chi connectivity index (χ2n) is 2.61. The number of aromatic nitrogens is 2. The van der Waals surface area contributed by atoms with Gasteiger partial charge in [0.15, 0.2) is 0 Å². The topological polar surface area (TPSA) is 38.2 Å². The van der Waals surface area contributed by atoms with Gasteiger partial charge in [-0.1, -0.05) is 0 Å². The molecule has 1 aromatic heterocycles. The second-order valence-corrected chi connectivity index (χ2v) is 2.61.